The van der Waals surface area contributed by atoms with Crippen molar-refractivity contribution in [2.45, 2.75) is 69.3 Å². The van der Waals surface area contributed by atoms with E-state index in [4.69, 9.17) is 28.7 Å². The number of carbonyl (C=O) groups is 4. The van der Waals surface area contributed by atoms with Crippen molar-refractivity contribution >= 4 is 46.5 Å². The molecule has 5 atom stereocenters. The number of rotatable bonds is 18. The van der Waals surface area contributed by atoms with Crippen molar-refractivity contribution in [1.29, 1.82) is 0 Å². The van der Waals surface area contributed by atoms with Crippen LogP contribution in [0.1, 0.15) is 38.2 Å². The SMILES string of the molecule is CC(O)C(NC(=O)C(N)CCCN=C(N)N)C(=O)NC(Cc1c[nH]c2ccccc12)C(=O)NC(CCCN=C(N)N)C(=O)O. The number of aliphatic imine (C=N–C) groups is 2. The molecule has 1 aromatic heterocycles. The maximum Gasteiger partial charge on any atom is 0.326 e. The van der Waals surface area contributed by atoms with E-state index in [-0.39, 0.29) is 50.7 Å². The summed E-state index contributed by atoms with van der Waals surface area (Å²) in [4.78, 5) is 62.2. The summed E-state index contributed by atoms with van der Waals surface area (Å²) in [5.74, 6) is -3.90. The summed E-state index contributed by atoms with van der Waals surface area (Å²) in [6.07, 6.45) is 1.13. The Kier molecular flexibility index (Phi) is 13.9. The first-order valence-corrected chi connectivity index (χ1v) is 14.0. The van der Waals surface area contributed by atoms with Crippen molar-refractivity contribution in [2.75, 3.05) is 13.1 Å². The van der Waals surface area contributed by atoms with Crippen LogP contribution in [0, 0.1) is 0 Å². The number of benzene rings is 1. The van der Waals surface area contributed by atoms with Gasteiger partial charge in [0.2, 0.25) is 17.7 Å². The van der Waals surface area contributed by atoms with Gasteiger partial charge in [0.1, 0.15) is 18.1 Å². The first-order chi connectivity index (χ1) is 20.8. The van der Waals surface area contributed by atoms with Gasteiger partial charge in [0.15, 0.2) is 11.9 Å². The maximum atomic E-state index is 13.4. The molecule has 3 amide bonds. The number of nitrogens with zero attached hydrogens (tertiary/aromatic N) is 2. The van der Waals surface area contributed by atoms with Crippen LogP contribution in [0.5, 0.6) is 0 Å². The van der Waals surface area contributed by atoms with E-state index in [9.17, 15) is 29.4 Å². The Morgan fingerprint density at radius 3 is 2.05 bits per heavy atom. The fourth-order valence-electron chi connectivity index (χ4n) is 4.34. The lowest BCUT2D eigenvalue weighted by atomic mass is 10.0. The zero-order valence-corrected chi connectivity index (χ0v) is 24.5. The van der Waals surface area contributed by atoms with E-state index < -0.39 is 54.0 Å². The maximum absolute atomic E-state index is 13.4. The van der Waals surface area contributed by atoms with Gasteiger partial charge in [0.05, 0.1) is 12.1 Å². The van der Waals surface area contributed by atoms with Crippen LogP contribution < -0.4 is 44.6 Å². The third-order valence-corrected chi connectivity index (χ3v) is 6.66. The van der Waals surface area contributed by atoms with Crippen molar-refractivity contribution in [3.63, 3.8) is 0 Å². The van der Waals surface area contributed by atoms with Crippen LogP contribution in [-0.2, 0) is 25.6 Å². The molecule has 0 saturated heterocycles. The predicted octanol–water partition coefficient (Wildman–Crippen LogP) is -2.94. The first kappa shape index (κ1) is 35.3. The molecular formula is C27H43N11O6. The van der Waals surface area contributed by atoms with Crippen LogP contribution in [0.15, 0.2) is 40.4 Å². The van der Waals surface area contributed by atoms with Gasteiger partial charge in [-0.15, -0.1) is 0 Å². The zero-order chi connectivity index (χ0) is 32.8. The Labute approximate surface area is 254 Å². The minimum absolute atomic E-state index is 0.0129. The molecule has 1 heterocycles. The van der Waals surface area contributed by atoms with E-state index in [0.29, 0.717) is 12.0 Å². The number of guanidine groups is 2. The van der Waals surface area contributed by atoms with Crippen molar-refractivity contribution < 1.29 is 29.4 Å². The zero-order valence-electron chi connectivity index (χ0n) is 24.5. The molecule has 0 aliphatic rings. The smallest absolute Gasteiger partial charge is 0.326 e. The number of fused-ring (bicyclic) bond motifs is 1. The van der Waals surface area contributed by atoms with Gasteiger partial charge in [-0.25, -0.2) is 4.79 Å². The third-order valence-electron chi connectivity index (χ3n) is 6.66. The summed E-state index contributed by atoms with van der Waals surface area (Å²) in [5, 5.41) is 28.3. The number of amides is 3. The normalized spacial score (nSPS) is 14.3. The molecule has 2 aromatic rings. The van der Waals surface area contributed by atoms with Crippen LogP contribution in [-0.4, -0.2) is 94.2 Å². The third kappa shape index (κ3) is 11.4. The number of aliphatic hydroxyl groups is 1. The standard InChI is InChI=1S/C27H43N11O6/c1-14(39)21(38-22(40)17(28)7-4-10-33-26(29)30)24(42)37-20(12-15-13-35-18-8-3-2-6-16(15)18)23(41)36-19(25(43)44)9-5-11-34-27(31)32/h2-3,6,8,13-14,17,19-21,35,39H,4-5,7,9-12,28H2,1H3,(H,36,41)(H,37,42)(H,38,40)(H,43,44)(H4,29,30,33)(H4,31,32,34). The number of nitrogens with two attached hydrogens (primary N) is 5. The van der Waals surface area contributed by atoms with Gasteiger partial charge >= 0.3 is 5.97 Å². The lowest BCUT2D eigenvalue weighted by molar-refractivity contribution is -0.142. The number of H-pyrrole nitrogens is 1. The molecule has 5 unspecified atom stereocenters. The largest absolute Gasteiger partial charge is 0.480 e. The summed E-state index contributed by atoms with van der Waals surface area (Å²) < 4.78 is 0. The Morgan fingerprint density at radius 2 is 1.45 bits per heavy atom. The Hall–Kier alpha value is -4.90. The van der Waals surface area contributed by atoms with Crippen molar-refractivity contribution in [3.8, 4) is 0 Å². The fourth-order valence-corrected chi connectivity index (χ4v) is 4.34. The molecule has 0 saturated carbocycles. The van der Waals surface area contributed by atoms with E-state index in [0.717, 1.165) is 10.9 Å². The Morgan fingerprint density at radius 1 is 0.864 bits per heavy atom. The topological polar surface area (TPSA) is 315 Å². The van der Waals surface area contributed by atoms with E-state index in [1.54, 1.807) is 6.20 Å². The van der Waals surface area contributed by atoms with Gasteiger partial charge in [-0.3, -0.25) is 24.4 Å². The quantitative estimate of drug-likeness (QED) is 0.0456. The fraction of sp³-hybridized carbons (Fsp3) is 0.481. The van der Waals surface area contributed by atoms with Crippen LogP contribution >= 0.6 is 0 Å². The molecule has 0 fully saturated rings. The number of hydrogen-bond donors (Lipinski definition) is 11. The molecule has 2 rings (SSSR count). The average molecular weight is 618 g/mol. The number of nitrogens with one attached hydrogen (secondary N) is 4. The second-order valence-corrected chi connectivity index (χ2v) is 10.3. The van der Waals surface area contributed by atoms with Crippen molar-refractivity contribution in [3.05, 3.63) is 36.0 Å². The minimum atomic E-state index is -1.47. The Bertz CT molecular complexity index is 1330. The van der Waals surface area contributed by atoms with Crippen LogP contribution in [0.3, 0.4) is 0 Å². The van der Waals surface area contributed by atoms with Crippen LogP contribution in [0.2, 0.25) is 0 Å². The number of aliphatic carboxylic acids is 1. The molecule has 17 heteroatoms. The monoisotopic (exact) mass is 617 g/mol. The number of aromatic nitrogens is 1. The number of hydrogen-bond acceptors (Lipinski definition) is 8. The lowest BCUT2D eigenvalue weighted by Gasteiger charge is -2.26. The molecule has 44 heavy (non-hydrogen) atoms. The van der Waals surface area contributed by atoms with E-state index in [2.05, 4.69) is 30.9 Å². The molecular weight excluding hydrogens is 574 g/mol. The second kappa shape index (κ2) is 17.3. The molecule has 17 nitrogen and oxygen atoms in total. The number of aliphatic hydroxyl groups excluding tert-OH is 1. The van der Waals surface area contributed by atoms with E-state index >= 15 is 0 Å². The highest BCUT2D eigenvalue weighted by Crippen LogP contribution is 2.19. The lowest BCUT2D eigenvalue weighted by Crippen LogP contribution is -2.60. The van der Waals surface area contributed by atoms with E-state index in [1.165, 1.54) is 6.92 Å². The minimum Gasteiger partial charge on any atom is -0.480 e. The number of carboxylic acids is 1. The molecule has 1 aromatic carbocycles. The number of aromatic amines is 1. The molecule has 0 spiro atoms. The van der Waals surface area contributed by atoms with Crippen molar-refractivity contribution in [2.24, 2.45) is 38.7 Å². The highest BCUT2D eigenvalue weighted by atomic mass is 16.4. The number of carbonyl (C=O) groups excluding carboxylic acids is 3. The summed E-state index contributed by atoms with van der Waals surface area (Å²) in [7, 11) is 0. The molecule has 0 bridgehead atoms. The second-order valence-electron chi connectivity index (χ2n) is 10.3. The van der Waals surface area contributed by atoms with Gasteiger partial charge in [0, 0.05) is 36.6 Å². The predicted molar refractivity (Wildman–Crippen MR) is 165 cm³/mol. The first-order valence-electron chi connectivity index (χ1n) is 14.0. The summed E-state index contributed by atoms with van der Waals surface area (Å²) in [6.45, 7) is 1.70. The Balaban J connectivity index is 2.22. The molecule has 16 N–H and O–H groups in total. The average Bonchev–Trinajstić information content (AvgIpc) is 3.36. The summed E-state index contributed by atoms with van der Waals surface area (Å²) in [5.41, 5.74) is 28.6. The molecule has 0 radical (unpaired) electrons. The van der Waals surface area contributed by atoms with Gasteiger partial charge in [-0.1, -0.05) is 18.2 Å². The van der Waals surface area contributed by atoms with Crippen LogP contribution in [0.4, 0.5) is 0 Å². The van der Waals surface area contributed by atoms with Gasteiger partial charge < -0.3 is 59.8 Å². The van der Waals surface area contributed by atoms with Crippen LogP contribution in [0.25, 0.3) is 10.9 Å². The number of carboxylic acid groups (broad SMARTS) is 1. The molecule has 242 valence electrons. The highest BCUT2D eigenvalue weighted by molar-refractivity contribution is 5.95. The van der Waals surface area contributed by atoms with Gasteiger partial charge in [-0.05, 0) is 44.2 Å². The summed E-state index contributed by atoms with van der Waals surface area (Å²) >= 11 is 0. The highest BCUT2D eigenvalue weighted by Gasteiger charge is 2.33. The summed E-state index contributed by atoms with van der Waals surface area (Å²) in [6, 6.07) is 2.21. The van der Waals surface area contributed by atoms with E-state index in [1.807, 2.05) is 24.3 Å². The molecule has 0 aliphatic carbocycles. The van der Waals surface area contributed by atoms with Gasteiger partial charge in [-0.2, -0.15) is 0 Å². The van der Waals surface area contributed by atoms with Gasteiger partial charge in [0.25, 0.3) is 0 Å². The van der Waals surface area contributed by atoms with Crippen molar-refractivity contribution in [1.82, 2.24) is 20.9 Å². The molecule has 0 aliphatic heterocycles. The number of para-hydroxylation sites is 1.